The molecule has 0 saturated carbocycles. The first-order chi connectivity index (χ1) is 18.1. The highest BCUT2D eigenvalue weighted by Gasteiger charge is 2.36. The van der Waals surface area contributed by atoms with E-state index in [9.17, 15) is 9.90 Å². The summed E-state index contributed by atoms with van der Waals surface area (Å²) in [6.07, 6.45) is 5.54. The smallest absolute Gasteiger partial charge is 0.217 e. The predicted molar refractivity (Wildman–Crippen MR) is 143 cm³/mol. The van der Waals surface area contributed by atoms with Crippen LogP contribution in [-0.2, 0) is 27.4 Å². The molecule has 1 amide bonds. The molecule has 200 valence electrons. The predicted octanol–water partition coefficient (Wildman–Crippen LogP) is 3.92. The summed E-state index contributed by atoms with van der Waals surface area (Å²) >= 11 is 0. The molecule has 2 aromatic carbocycles. The molecule has 37 heavy (non-hydrogen) atoms. The summed E-state index contributed by atoms with van der Waals surface area (Å²) in [6, 6.07) is 16.8. The second kappa shape index (κ2) is 12.5. The maximum atomic E-state index is 11.3. The van der Waals surface area contributed by atoms with Crippen LogP contribution in [0.25, 0.3) is 0 Å². The van der Waals surface area contributed by atoms with Crippen molar-refractivity contribution in [2.45, 2.75) is 76.7 Å². The SMILES string of the molecule is CC(=O)NCc1ccc([C@H]2O[C@@H](CN3CCC[C@H]3CN3CCCC3)C[C@@H](c3ccc(CO)cc3)O2)cc1. The van der Waals surface area contributed by atoms with Crippen LogP contribution in [0.5, 0.6) is 0 Å². The van der Waals surface area contributed by atoms with Crippen LogP contribution in [-0.4, -0.2) is 65.7 Å². The Balaban J connectivity index is 1.30. The van der Waals surface area contributed by atoms with Gasteiger partial charge in [0.1, 0.15) is 0 Å². The van der Waals surface area contributed by atoms with Crippen LogP contribution in [0.2, 0.25) is 0 Å². The number of carbonyl (C=O) groups is 1. The molecule has 7 heteroatoms. The normalized spacial score (nSPS) is 27.0. The zero-order valence-corrected chi connectivity index (χ0v) is 22.0. The average molecular weight is 508 g/mol. The van der Waals surface area contributed by atoms with Crippen LogP contribution in [0, 0.1) is 0 Å². The third-order valence-corrected chi connectivity index (χ3v) is 8.01. The average Bonchev–Trinajstić information content (AvgIpc) is 3.60. The van der Waals surface area contributed by atoms with Gasteiger partial charge in [0, 0.05) is 44.6 Å². The zero-order valence-electron chi connectivity index (χ0n) is 22.0. The van der Waals surface area contributed by atoms with Gasteiger partial charge in [-0.2, -0.15) is 0 Å². The van der Waals surface area contributed by atoms with E-state index in [4.69, 9.17) is 9.47 Å². The summed E-state index contributed by atoms with van der Waals surface area (Å²) in [7, 11) is 0. The van der Waals surface area contributed by atoms with Crippen LogP contribution >= 0.6 is 0 Å². The van der Waals surface area contributed by atoms with Gasteiger partial charge in [0.2, 0.25) is 5.91 Å². The highest BCUT2D eigenvalue weighted by Crippen LogP contribution is 2.38. The second-order valence-electron chi connectivity index (χ2n) is 10.8. The van der Waals surface area contributed by atoms with Crippen molar-refractivity contribution in [1.82, 2.24) is 15.1 Å². The fourth-order valence-corrected chi connectivity index (χ4v) is 5.92. The molecule has 4 atom stereocenters. The van der Waals surface area contributed by atoms with E-state index in [1.54, 1.807) is 0 Å². The summed E-state index contributed by atoms with van der Waals surface area (Å²) < 4.78 is 13.1. The van der Waals surface area contributed by atoms with Crippen LogP contribution in [0.3, 0.4) is 0 Å². The molecule has 0 spiro atoms. The number of rotatable bonds is 9. The number of hydrogen-bond donors (Lipinski definition) is 2. The Morgan fingerprint density at radius 3 is 2.32 bits per heavy atom. The van der Waals surface area contributed by atoms with Crippen LogP contribution in [0.15, 0.2) is 48.5 Å². The van der Waals surface area contributed by atoms with E-state index in [1.807, 2.05) is 36.4 Å². The second-order valence-corrected chi connectivity index (χ2v) is 10.8. The molecule has 5 rings (SSSR count). The lowest BCUT2D eigenvalue weighted by atomic mass is 9.99. The minimum atomic E-state index is -0.448. The third kappa shape index (κ3) is 6.98. The molecule has 3 fully saturated rings. The van der Waals surface area contributed by atoms with Gasteiger partial charge in [-0.25, -0.2) is 0 Å². The summed E-state index contributed by atoms with van der Waals surface area (Å²) in [5, 5.41) is 12.3. The van der Waals surface area contributed by atoms with E-state index < -0.39 is 6.29 Å². The van der Waals surface area contributed by atoms with E-state index in [0.29, 0.717) is 12.6 Å². The van der Waals surface area contributed by atoms with Crippen molar-refractivity contribution < 1.29 is 19.4 Å². The standard InChI is InChI=1S/C30H41N3O4/c1-22(35)31-18-23-6-12-26(13-7-23)30-36-28(17-29(37-30)25-10-8-24(21-34)9-11-25)20-33-16-4-5-27(33)19-32-14-2-3-15-32/h6-13,27-30,34H,2-5,14-21H2,1H3,(H,31,35)/t27-,28+,29-,30-/m0/s1. The van der Waals surface area contributed by atoms with E-state index in [2.05, 4.69) is 27.2 Å². The van der Waals surface area contributed by atoms with Crippen LogP contribution < -0.4 is 5.32 Å². The molecule has 0 radical (unpaired) electrons. The third-order valence-electron chi connectivity index (χ3n) is 8.01. The first-order valence-corrected chi connectivity index (χ1v) is 13.9. The number of amides is 1. The van der Waals surface area contributed by atoms with Gasteiger partial charge < -0.3 is 24.8 Å². The fourth-order valence-electron chi connectivity index (χ4n) is 5.92. The number of ether oxygens (including phenoxy) is 2. The number of nitrogens with one attached hydrogen (secondary N) is 1. The minimum Gasteiger partial charge on any atom is -0.392 e. The zero-order chi connectivity index (χ0) is 25.6. The lowest BCUT2D eigenvalue weighted by molar-refractivity contribution is -0.253. The molecule has 3 aliphatic heterocycles. The Morgan fingerprint density at radius 1 is 0.919 bits per heavy atom. The van der Waals surface area contributed by atoms with Gasteiger partial charge >= 0.3 is 0 Å². The highest BCUT2D eigenvalue weighted by atomic mass is 16.7. The van der Waals surface area contributed by atoms with Gasteiger partial charge in [-0.15, -0.1) is 0 Å². The first kappa shape index (κ1) is 26.3. The number of nitrogens with zero attached hydrogens (tertiary/aromatic N) is 2. The van der Waals surface area contributed by atoms with Gasteiger partial charge in [-0.05, 0) is 62.0 Å². The van der Waals surface area contributed by atoms with Crippen LogP contribution in [0.4, 0.5) is 0 Å². The number of likely N-dealkylation sites (tertiary alicyclic amines) is 2. The Hall–Kier alpha value is -2.29. The topological polar surface area (TPSA) is 74.3 Å². The van der Waals surface area contributed by atoms with Crippen molar-refractivity contribution in [3.8, 4) is 0 Å². The van der Waals surface area contributed by atoms with Crippen molar-refractivity contribution in [3.63, 3.8) is 0 Å². The van der Waals surface area contributed by atoms with Crippen molar-refractivity contribution in [3.05, 3.63) is 70.8 Å². The lowest BCUT2D eigenvalue weighted by Gasteiger charge is -2.39. The molecule has 0 aromatic heterocycles. The Labute approximate surface area is 220 Å². The van der Waals surface area contributed by atoms with E-state index in [-0.39, 0.29) is 24.7 Å². The van der Waals surface area contributed by atoms with E-state index in [1.165, 1.54) is 52.2 Å². The highest BCUT2D eigenvalue weighted by molar-refractivity contribution is 5.72. The molecule has 0 unspecified atom stereocenters. The Bertz CT molecular complexity index is 1010. The molecule has 3 saturated heterocycles. The number of hydrogen-bond acceptors (Lipinski definition) is 6. The molecule has 3 heterocycles. The molecular weight excluding hydrogens is 466 g/mol. The molecule has 2 N–H and O–H groups in total. The van der Waals surface area contributed by atoms with Crippen molar-refractivity contribution in [1.29, 1.82) is 0 Å². The van der Waals surface area contributed by atoms with Crippen molar-refractivity contribution in [2.24, 2.45) is 0 Å². The quantitative estimate of drug-likeness (QED) is 0.536. The van der Waals surface area contributed by atoms with Crippen molar-refractivity contribution in [2.75, 3.05) is 32.7 Å². The molecule has 0 bridgehead atoms. The van der Waals surface area contributed by atoms with Crippen LogP contribution in [0.1, 0.15) is 73.7 Å². The summed E-state index contributed by atoms with van der Waals surface area (Å²) in [5.74, 6) is -0.0362. The fraction of sp³-hybridized carbons (Fsp3) is 0.567. The molecule has 2 aromatic rings. The number of benzene rings is 2. The Kier molecular flexibility index (Phi) is 8.89. The van der Waals surface area contributed by atoms with Gasteiger partial charge in [0.05, 0.1) is 18.8 Å². The van der Waals surface area contributed by atoms with Gasteiger partial charge in [-0.1, -0.05) is 48.5 Å². The molecular formula is C30H41N3O4. The van der Waals surface area contributed by atoms with Gasteiger partial charge in [0.15, 0.2) is 6.29 Å². The Morgan fingerprint density at radius 2 is 1.62 bits per heavy atom. The number of aliphatic hydroxyl groups excluding tert-OH is 1. The largest absolute Gasteiger partial charge is 0.392 e. The van der Waals surface area contributed by atoms with Gasteiger partial charge in [-0.3, -0.25) is 9.69 Å². The molecule has 7 nitrogen and oxygen atoms in total. The summed E-state index contributed by atoms with van der Waals surface area (Å²) in [5.41, 5.74) is 4.06. The lowest BCUT2D eigenvalue weighted by Crippen LogP contribution is -2.45. The number of aliphatic hydroxyl groups is 1. The number of carbonyl (C=O) groups excluding carboxylic acids is 1. The molecule has 0 aliphatic carbocycles. The van der Waals surface area contributed by atoms with Gasteiger partial charge in [0.25, 0.3) is 0 Å². The summed E-state index contributed by atoms with van der Waals surface area (Å²) in [4.78, 5) is 16.5. The first-order valence-electron chi connectivity index (χ1n) is 13.9. The minimum absolute atomic E-state index is 0.0362. The van der Waals surface area contributed by atoms with E-state index in [0.717, 1.165) is 41.8 Å². The summed E-state index contributed by atoms with van der Waals surface area (Å²) in [6.45, 7) is 7.79. The molecule has 3 aliphatic rings. The maximum absolute atomic E-state index is 11.3. The maximum Gasteiger partial charge on any atom is 0.217 e. The van der Waals surface area contributed by atoms with E-state index >= 15 is 0 Å². The monoisotopic (exact) mass is 507 g/mol. The van der Waals surface area contributed by atoms with Crippen molar-refractivity contribution >= 4 is 5.91 Å².